The Balaban J connectivity index is 1.79. The van der Waals surface area contributed by atoms with Crippen molar-refractivity contribution in [3.63, 3.8) is 0 Å². The lowest BCUT2D eigenvalue weighted by Crippen LogP contribution is -2.13. The van der Waals surface area contributed by atoms with Crippen LogP contribution in [0.15, 0.2) is 42.5 Å². The van der Waals surface area contributed by atoms with Gasteiger partial charge >= 0.3 is 0 Å². The average molecular weight is 416 g/mol. The summed E-state index contributed by atoms with van der Waals surface area (Å²) in [5.74, 6) is 1.82. The number of hydrogen-bond donors (Lipinski definition) is 2. The molecule has 0 bridgehead atoms. The first-order valence-electron chi connectivity index (χ1n) is 10.5. The fraction of sp³-hybridized carbons (Fsp3) is 0.458. The highest BCUT2D eigenvalue weighted by Crippen LogP contribution is 2.31. The lowest BCUT2D eigenvalue weighted by atomic mass is 10.0. The summed E-state index contributed by atoms with van der Waals surface area (Å²) in [5, 5.41) is 13.3. The fourth-order valence-electron chi connectivity index (χ4n) is 3.09. The van der Waals surface area contributed by atoms with Gasteiger partial charge < -0.3 is 24.6 Å². The highest BCUT2D eigenvalue weighted by Gasteiger charge is 2.16. The molecule has 0 aliphatic rings. The van der Waals surface area contributed by atoms with Crippen molar-refractivity contribution in [2.45, 2.75) is 51.6 Å². The minimum absolute atomic E-state index is 0.158. The molecule has 6 heteroatoms. The molecular formula is C24H33NO5. The second-order valence-corrected chi connectivity index (χ2v) is 7.14. The van der Waals surface area contributed by atoms with Crippen molar-refractivity contribution in [2.24, 2.45) is 0 Å². The minimum Gasteiger partial charge on any atom is -0.497 e. The van der Waals surface area contributed by atoms with E-state index in [9.17, 15) is 9.90 Å². The number of aliphatic hydroxyl groups is 1. The van der Waals surface area contributed by atoms with Crippen molar-refractivity contribution in [3.8, 4) is 17.2 Å². The summed E-state index contributed by atoms with van der Waals surface area (Å²) >= 11 is 0. The highest BCUT2D eigenvalue weighted by atomic mass is 16.5. The lowest BCUT2D eigenvalue weighted by molar-refractivity contribution is -0.116. The molecular weight excluding hydrogens is 382 g/mol. The second kappa shape index (κ2) is 12.8. The lowest BCUT2D eigenvalue weighted by Gasteiger charge is -2.15. The third-order valence-corrected chi connectivity index (χ3v) is 4.85. The number of rotatable bonds is 13. The predicted molar refractivity (Wildman–Crippen MR) is 118 cm³/mol. The number of carbonyl (C=O) groups excluding carboxylic acids is 1. The van der Waals surface area contributed by atoms with Gasteiger partial charge in [0.15, 0.2) is 0 Å². The normalized spacial score (nSPS) is 11.6. The molecule has 2 aromatic rings. The molecule has 164 valence electrons. The molecule has 0 radical (unpaired) electrons. The van der Waals surface area contributed by atoms with Crippen LogP contribution in [0.2, 0.25) is 0 Å². The van der Waals surface area contributed by atoms with Crippen molar-refractivity contribution < 1.29 is 24.1 Å². The zero-order valence-electron chi connectivity index (χ0n) is 18.1. The van der Waals surface area contributed by atoms with Crippen LogP contribution >= 0.6 is 0 Å². The molecule has 30 heavy (non-hydrogen) atoms. The van der Waals surface area contributed by atoms with Gasteiger partial charge in [-0.05, 0) is 49.2 Å². The van der Waals surface area contributed by atoms with Gasteiger partial charge in [0.2, 0.25) is 5.91 Å². The number of unbranched alkanes of at least 4 members (excludes halogenated alkanes) is 3. The first kappa shape index (κ1) is 23.5. The molecule has 0 aliphatic heterocycles. The maximum atomic E-state index is 12.3. The largest absolute Gasteiger partial charge is 0.497 e. The van der Waals surface area contributed by atoms with Crippen molar-refractivity contribution in [3.05, 3.63) is 48.0 Å². The highest BCUT2D eigenvalue weighted by molar-refractivity contribution is 5.90. The number of ether oxygens (including phenoxy) is 3. The van der Waals surface area contributed by atoms with Gasteiger partial charge in [0.25, 0.3) is 0 Å². The van der Waals surface area contributed by atoms with Crippen molar-refractivity contribution >= 4 is 11.6 Å². The topological polar surface area (TPSA) is 77.0 Å². The molecule has 0 saturated carbocycles. The maximum absolute atomic E-state index is 12.3. The van der Waals surface area contributed by atoms with E-state index in [-0.39, 0.29) is 18.7 Å². The first-order valence-corrected chi connectivity index (χ1v) is 10.5. The number of hydrogen-bond acceptors (Lipinski definition) is 5. The Morgan fingerprint density at radius 1 is 1.00 bits per heavy atom. The van der Waals surface area contributed by atoms with E-state index in [4.69, 9.17) is 14.2 Å². The van der Waals surface area contributed by atoms with Crippen LogP contribution in [0.5, 0.6) is 17.2 Å². The molecule has 0 fully saturated rings. The van der Waals surface area contributed by atoms with E-state index in [2.05, 4.69) is 12.2 Å². The molecule has 1 atom stereocenters. The van der Waals surface area contributed by atoms with Crippen molar-refractivity contribution in [1.82, 2.24) is 0 Å². The van der Waals surface area contributed by atoms with Crippen LogP contribution in [0.1, 0.15) is 57.1 Å². The monoisotopic (exact) mass is 415 g/mol. The van der Waals surface area contributed by atoms with Gasteiger partial charge in [0.05, 0.1) is 26.9 Å². The van der Waals surface area contributed by atoms with E-state index in [1.54, 1.807) is 25.3 Å². The number of aliphatic hydroxyl groups excluding tert-OH is 1. The zero-order chi connectivity index (χ0) is 21.8. The Morgan fingerprint density at radius 3 is 2.40 bits per heavy atom. The van der Waals surface area contributed by atoms with Crippen molar-refractivity contribution in [2.75, 3.05) is 26.1 Å². The van der Waals surface area contributed by atoms with E-state index < -0.39 is 6.10 Å². The Bertz CT molecular complexity index is 776. The Morgan fingerprint density at radius 2 is 1.73 bits per heavy atom. The second-order valence-electron chi connectivity index (χ2n) is 7.14. The van der Waals surface area contributed by atoms with Gasteiger partial charge in [-0.15, -0.1) is 0 Å². The molecule has 2 aromatic carbocycles. The Kier molecular flexibility index (Phi) is 10.0. The van der Waals surface area contributed by atoms with Crippen LogP contribution in [-0.2, 0) is 4.79 Å². The molecule has 0 aliphatic carbocycles. The van der Waals surface area contributed by atoms with Crippen LogP contribution < -0.4 is 19.5 Å². The smallest absolute Gasteiger partial charge is 0.224 e. The average Bonchev–Trinajstić information content (AvgIpc) is 2.78. The zero-order valence-corrected chi connectivity index (χ0v) is 18.1. The number of nitrogens with one attached hydrogen (secondary N) is 1. The summed E-state index contributed by atoms with van der Waals surface area (Å²) in [6.45, 7) is 2.89. The van der Waals surface area contributed by atoms with Crippen LogP contribution in [0.3, 0.4) is 0 Å². The van der Waals surface area contributed by atoms with Crippen LogP contribution in [-0.4, -0.2) is 31.8 Å². The SMILES string of the molecule is CCCCCCOc1ccc(NC(=O)CCC(O)c2ccc(OC)cc2OC)cc1. The van der Waals surface area contributed by atoms with E-state index in [1.807, 2.05) is 24.3 Å². The predicted octanol–water partition coefficient (Wildman–Crippen LogP) is 5.12. The van der Waals surface area contributed by atoms with Gasteiger partial charge in [-0.1, -0.05) is 26.2 Å². The Hall–Kier alpha value is -2.73. The van der Waals surface area contributed by atoms with Gasteiger partial charge in [0, 0.05) is 23.7 Å². The molecule has 2 N–H and O–H groups in total. The number of anilines is 1. The van der Waals surface area contributed by atoms with E-state index in [1.165, 1.54) is 26.4 Å². The van der Waals surface area contributed by atoms with Crippen LogP contribution in [0.25, 0.3) is 0 Å². The van der Waals surface area contributed by atoms with Gasteiger partial charge in [-0.3, -0.25) is 4.79 Å². The van der Waals surface area contributed by atoms with Gasteiger partial charge in [-0.25, -0.2) is 0 Å². The molecule has 0 heterocycles. The summed E-state index contributed by atoms with van der Waals surface area (Å²) in [4.78, 5) is 12.3. The van der Waals surface area contributed by atoms with Gasteiger partial charge in [-0.2, -0.15) is 0 Å². The third kappa shape index (κ3) is 7.59. The van der Waals surface area contributed by atoms with Gasteiger partial charge in [0.1, 0.15) is 17.2 Å². The third-order valence-electron chi connectivity index (χ3n) is 4.85. The molecule has 0 spiro atoms. The number of methoxy groups -OCH3 is 2. The summed E-state index contributed by atoms with van der Waals surface area (Å²) in [7, 11) is 3.11. The Labute approximate surface area is 179 Å². The quantitative estimate of drug-likeness (QED) is 0.444. The van der Waals surface area contributed by atoms with Crippen LogP contribution in [0, 0.1) is 0 Å². The molecule has 1 amide bonds. The fourth-order valence-corrected chi connectivity index (χ4v) is 3.09. The van der Waals surface area contributed by atoms with E-state index in [0.717, 1.165) is 12.2 Å². The minimum atomic E-state index is -0.805. The standard InChI is InChI=1S/C24H33NO5/c1-4-5-6-7-16-30-19-10-8-18(9-11-19)25-24(27)15-14-22(26)21-13-12-20(28-2)17-23(21)29-3/h8-13,17,22,26H,4-7,14-16H2,1-3H3,(H,25,27). The summed E-state index contributed by atoms with van der Waals surface area (Å²) in [6.07, 6.45) is 4.33. The summed E-state index contributed by atoms with van der Waals surface area (Å²) in [5.41, 5.74) is 1.33. The van der Waals surface area contributed by atoms with Crippen LogP contribution in [0.4, 0.5) is 5.69 Å². The van der Waals surface area contributed by atoms with Crippen molar-refractivity contribution in [1.29, 1.82) is 0 Å². The summed E-state index contributed by atoms with van der Waals surface area (Å²) in [6, 6.07) is 12.6. The maximum Gasteiger partial charge on any atom is 0.224 e. The molecule has 6 nitrogen and oxygen atoms in total. The number of carbonyl (C=O) groups is 1. The molecule has 0 aromatic heterocycles. The van der Waals surface area contributed by atoms with E-state index in [0.29, 0.717) is 29.4 Å². The number of amides is 1. The number of benzene rings is 2. The molecule has 2 rings (SSSR count). The first-order chi connectivity index (χ1) is 14.6. The summed E-state index contributed by atoms with van der Waals surface area (Å²) < 4.78 is 16.2. The van der Waals surface area contributed by atoms with E-state index >= 15 is 0 Å². The molecule has 1 unspecified atom stereocenters. The molecule has 0 saturated heterocycles.